The molecule has 0 spiro atoms. The van der Waals surface area contributed by atoms with E-state index in [4.69, 9.17) is 5.84 Å². The minimum atomic E-state index is -0.172. The lowest BCUT2D eigenvalue weighted by Gasteiger charge is -2.09. The van der Waals surface area contributed by atoms with Crippen LogP contribution >= 0.6 is 15.9 Å². The van der Waals surface area contributed by atoms with Crippen LogP contribution in [-0.2, 0) is 6.54 Å². The van der Waals surface area contributed by atoms with Gasteiger partial charge in [0.15, 0.2) is 0 Å². The van der Waals surface area contributed by atoms with E-state index in [-0.39, 0.29) is 5.56 Å². The number of halogens is 1. The Morgan fingerprint density at radius 2 is 2.36 bits per heavy atom. The normalized spacial score (nSPS) is 10.6. The zero-order valence-corrected chi connectivity index (χ0v) is 9.71. The fraction of sp³-hybridized carbons (Fsp3) is 0.500. The van der Waals surface area contributed by atoms with Crippen molar-refractivity contribution in [1.82, 2.24) is 9.78 Å². The molecule has 0 aliphatic carbocycles. The molecule has 0 fully saturated rings. The maximum absolute atomic E-state index is 11.6. The second kappa shape index (κ2) is 4.56. The van der Waals surface area contributed by atoms with Crippen LogP contribution < -0.4 is 16.8 Å². The summed E-state index contributed by atoms with van der Waals surface area (Å²) in [4.78, 5) is 11.6. The van der Waals surface area contributed by atoms with Crippen molar-refractivity contribution in [1.29, 1.82) is 0 Å². The van der Waals surface area contributed by atoms with E-state index in [9.17, 15) is 4.79 Å². The van der Waals surface area contributed by atoms with Crippen LogP contribution in [0, 0.1) is 5.92 Å². The van der Waals surface area contributed by atoms with Gasteiger partial charge in [-0.3, -0.25) is 10.6 Å². The van der Waals surface area contributed by atoms with Gasteiger partial charge in [-0.05, 0) is 21.8 Å². The van der Waals surface area contributed by atoms with E-state index in [2.05, 4.69) is 26.5 Å². The van der Waals surface area contributed by atoms with Crippen molar-refractivity contribution >= 4 is 21.6 Å². The highest BCUT2D eigenvalue weighted by molar-refractivity contribution is 9.10. The van der Waals surface area contributed by atoms with E-state index in [0.29, 0.717) is 22.6 Å². The Morgan fingerprint density at radius 1 is 1.71 bits per heavy atom. The van der Waals surface area contributed by atoms with Gasteiger partial charge in [-0.2, -0.15) is 5.10 Å². The number of nitrogens with zero attached hydrogens (tertiary/aromatic N) is 2. The lowest BCUT2D eigenvalue weighted by molar-refractivity contribution is 0.462. The molecule has 0 atom stereocenters. The molecule has 1 heterocycles. The van der Waals surface area contributed by atoms with Crippen molar-refractivity contribution in [3.63, 3.8) is 0 Å². The van der Waals surface area contributed by atoms with Crippen molar-refractivity contribution < 1.29 is 0 Å². The van der Waals surface area contributed by atoms with Gasteiger partial charge in [-0.15, -0.1) is 0 Å². The van der Waals surface area contributed by atoms with Crippen LogP contribution in [0.2, 0.25) is 0 Å². The molecule has 1 aromatic heterocycles. The Labute approximate surface area is 90.4 Å². The summed E-state index contributed by atoms with van der Waals surface area (Å²) in [7, 11) is 0. The first-order valence-electron chi connectivity index (χ1n) is 4.28. The van der Waals surface area contributed by atoms with Crippen molar-refractivity contribution in [2.45, 2.75) is 20.4 Å². The SMILES string of the molecule is CC(C)Cn1ncc(NN)c(Br)c1=O. The highest BCUT2D eigenvalue weighted by Gasteiger charge is 2.08. The molecule has 1 rings (SSSR count). The van der Waals surface area contributed by atoms with Crippen LogP contribution in [-0.4, -0.2) is 9.78 Å². The molecule has 0 aliphatic rings. The van der Waals surface area contributed by atoms with E-state index in [1.165, 1.54) is 10.9 Å². The lowest BCUT2D eigenvalue weighted by atomic mass is 10.2. The van der Waals surface area contributed by atoms with Crippen LogP contribution in [0.25, 0.3) is 0 Å². The van der Waals surface area contributed by atoms with Gasteiger partial charge in [-0.25, -0.2) is 4.68 Å². The third-order valence-electron chi connectivity index (χ3n) is 1.68. The average molecular weight is 261 g/mol. The minimum absolute atomic E-state index is 0.172. The molecule has 0 bridgehead atoms. The number of nitrogen functional groups attached to an aromatic ring is 1. The van der Waals surface area contributed by atoms with Gasteiger partial charge in [0.2, 0.25) is 0 Å². The highest BCUT2D eigenvalue weighted by atomic mass is 79.9. The van der Waals surface area contributed by atoms with Crippen molar-refractivity contribution in [3.05, 3.63) is 21.0 Å². The summed E-state index contributed by atoms with van der Waals surface area (Å²) in [6.07, 6.45) is 1.52. The number of hydrazine groups is 1. The molecule has 3 N–H and O–H groups in total. The molecular formula is C8H13BrN4O. The Bertz CT molecular complexity index is 374. The second-order valence-corrected chi connectivity index (χ2v) is 4.19. The summed E-state index contributed by atoms with van der Waals surface area (Å²) in [5, 5.41) is 3.98. The van der Waals surface area contributed by atoms with Crippen LogP contribution in [0.4, 0.5) is 5.69 Å². The second-order valence-electron chi connectivity index (χ2n) is 3.40. The van der Waals surface area contributed by atoms with Gasteiger partial charge in [0.1, 0.15) is 4.47 Å². The summed E-state index contributed by atoms with van der Waals surface area (Å²) in [5.74, 6) is 5.58. The minimum Gasteiger partial charge on any atom is -0.321 e. The first-order valence-corrected chi connectivity index (χ1v) is 5.07. The van der Waals surface area contributed by atoms with Crippen molar-refractivity contribution in [3.8, 4) is 0 Å². The molecule has 0 amide bonds. The third kappa shape index (κ3) is 2.33. The van der Waals surface area contributed by atoms with Crippen LogP contribution in [0.1, 0.15) is 13.8 Å². The zero-order valence-electron chi connectivity index (χ0n) is 8.12. The predicted molar refractivity (Wildman–Crippen MR) is 58.8 cm³/mol. The fourth-order valence-electron chi connectivity index (χ4n) is 1.04. The van der Waals surface area contributed by atoms with E-state index in [0.717, 1.165) is 0 Å². The molecule has 0 saturated heterocycles. The molecule has 6 heteroatoms. The Hall–Kier alpha value is -0.880. The van der Waals surface area contributed by atoms with Crippen molar-refractivity contribution in [2.75, 3.05) is 5.43 Å². The lowest BCUT2D eigenvalue weighted by Crippen LogP contribution is -2.27. The molecular weight excluding hydrogens is 248 g/mol. The summed E-state index contributed by atoms with van der Waals surface area (Å²) >= 11 is 3.17. The smallest absolute Gasteiger partial charge is 0.283 e. The molecule has 14 heavy (non-hydrogen) atoms. The number of aromatic nitrogens is 2. The standard InChI is InChI=1S/C8H13BrN4O/c1-5(2)4-13-8(14)7(9)6(12-10)3-11-13/h3,5,12H,4,10H2,1-2H3. The molecule has 0 radical (unpaired) electrons. The quantitative estimate of drug-likeness (QED) is 0.627. The van der Waals surface area contributed by atoms with E-state index < -0.39 is 0 Å². The van der Waals surface area contributed by atoms with Gasteiger partial charge < -0.3 is 5.43 Å². The summed E-state index contributed by atoms with van der Waals surface area (Å²) < 4.78 is 1.82. The summed E-state index contributed by atoms with van der Waals surface area (Å²) in [5.41, 5.74) is 2.72. The van der Waals surface area contributed by atoms with Gasteiger partial charge in [-0.1, -0.05) is 13.8 Å². The van der Waals surface area contributed by atoms with E-state index in [1.807, 2.05) is 13.8 Å². The molecule has 0 aromatic carbocycles. The Kier molecular flexibility index (Phi) is 3.65. The number of rotatable bonds is 3. The first kappa shape index (κ1) is 11.2. The van der Waals surface area contributed by atoms with Gasteiger partial charge in [0.05, 0.1) is 11.9 Å². The maximum atomic E-state index is 11.6. The molecule has 0 aliphatic heterocycles. The summed E-state index contributed by atoms with van der Waals surface area (Å²) in [6.45, 7) is 4.65. The molecule has 0 unspecified atom stereocenters. The highest BCUT2D eigenvalue weighted by Crippen LogP contribution is 2.14. The number of hydrogen-bond acceptors (Lipinski definition) is 4. The monoisotopic (exact) mass is 260 g/mol. The summed E-state index contributed by atoms with van der Waals surface area (Å²) in [6, 6.07) is 0. The topological polar surface area (TPSA) is 72.9 Å². The van der Waals surface area contributed by atoms with Gasteiger partial charge in [0, 0.05) is 6.54 Å². The fourth-order valence-corrected chi connectivity index (χ4v) is 1.46. The Morgan fingerprint density at radius 3 is 2.86 bits per heavy atom. The van der Waals surface area contributed by atoms with Crippen LogP contribution in [0.3, 0.4) is 0 Å². The number of nitrogens with one attached hydrogen (secondary N) is 1. The van der Waals surface area contributed by atoms with Gasteiger partial charge >= 0.3 is 0 Å². The number of anilines is 1. The zero-order chi connectivity index (χ0) is 10.7. The molecule has 5 nitrogen and oxygen atoms in total. The molecule has 78 valence electrons. The number of hydrogen-bond donors (Lipinski definition) is 2. The largest absolute Gasteiger partial charge is 0.321 e. The third-order valence-corrected chi connectivity index (χ3v) is 2.44. The van der Waals surface area contributed by atoms with Crippen molar-refractivity contribution in [2.24, 2.45) is 11.8 Å². The van der Waals surface area contributed by atoms with E-state index in [1.54, 1.807) is 0 Å². The molecule has 1 aromatic rings. The predicted octanol–water partition coefficient (Wildman–Crippen LogP) is 0.947. The average Bonchev–Trinajstić information content (AvgIpc) is 2.13. The van der Waals surface area contributed by atoms with Gasteiger partial charge in [0.25, 0.3) is 5.56 Å². The number of nitrogens with two attached hydrogens (primary N) is 1. The van der Waals surface area contributed by atoms with E-state index >= 15 is 0 Å². The Balaban J connectivity index is 3.11. The molecule has 0 saturated carbocycles. The maximum Gasteiger partial charge on any atom is 0.283 e. The van der Waals surface area contributed by atoms with Crippen LogP contribution in [0.15, 0.2) is 15.5 Å². The first-order chi connectivity index (χ1) is 6.56. The van der Waals surface area contributed by atoms with Crippen LogP contribution in [0.5, 0.6) is 0 Å².